The monoisotopic (exact) mass is 714 g/mol. The van der Waals surface area contributed by atoms with Crippen molar-refractivity contribution in [2.75, 3.05) is 11.9 Å². The van der Waals surface area contributed by atoms with Crippen LogP contribution in [0.4, 0.5) is 5.69 Å². The molecule has 1 unspecified atom stereocenters. The number of thiophene rings is 1. The van der Waals surface area contributed by atoms with Crippen LogP contribution < -0.4 is 10.6 Å². The molecule has 0 radical (unpaired) electrons. The van der Waals surface area contributed by atoms with Gasteiger partial charge in [-0.1, -0.05) is 48.2 Å². The van der Waals surface area contributed by atoms with Crippen molar-refractivity contribution in [3.05, 3.63) is 111 Å². The van der Waals surface area contributed by atoms with E-state index in [2.05, 4.69) is 54.5 Å². The molecule has 0 aliphatic carbocycles. The van der Waals surface area contributed by atoms with E-state index in [0.29, 0.717) is 31.8 Å². The van der Waals surface area contributed by atoms with Crippen molar-refractivity contribution >= 4 is 40.7 Å². The molecule has 8 rings (SSSR count). The molecule has 2 N–H and O–H groups in total. The predicted molar refractivity (Wildman–Crippen MR) is 191 cm³/mol. The summed E-state index contributed by atoms with van der Waals surface area (Å²) < 4.78 is 10.2. The van der Waals surface area contributed by atoms with Crippen molar-refractivity contribution in [1.29, 1.82) is 0 Å². The Morgan fingerprint density at radius 2 is 1.88 bits per heavy atom. The SMILES string of the molecule is Cc1nnc2n1-c1sc(C#Cc3cnn(CCCNc4cccc5c4C(=O)N(C4CCC(=O)NC4=O)C5=O)c3)c(Cc3ccccc3)c1CO[C@H]2C. The van der Waals surface area contributed by atoms with Gasteiger partial charge in [-0.15, -0.1) is 21.5 Å². The average molecular weight is 715 g/mol. The summed E-state index contributed by atoms with van der Waals surface area (Å²) in [6.07, 6.45) is 5.05. The maximum Gasteiger partial charge on any atom is 0.264 e. The summed E-state index contributed by atoms with van der Waals surface area (Å²) in [5, 5.41) is 19.8. The van der Waals surface area contributed by atoms with Gasteiger partial charge in [-0.05, 0) is 56.4 Å². The van der Waals surface area contributed by atoms with Gasteiger partial charge in [0.15, 0.2) is 5.82 Å². The smallest absolute Gasteiger partial charge is 0.264 e. The first-order valence-corrected chi connectivity index (χ1v) is 17.9. The highest BCUT2D eigenvalue weighted by molar-refractivity contribution is 7.15. The number of anilines is 1. The highest BCUT2D eigenvalue weighted by Gasteiger charge is 2.45. The number of rotatable bonds is 8. The number of hydrogen-bond donors (Lipinski definition) is 2. The molecule has 3 aliphatic heterocycles. The lowest BCUT2D eigenvalue weighted by Crippen LogP contribution is -2.54. The molecule has 14 heteroatoms. The van der Waals surface area contributed by atoms with Gasteiger partial charge in [-0.25, -0.2) is 0 Å². The number of carbonyl (C=O) groups is 4. The summed E-state index contributed by atoms with van der Waals surface area (Å²) in [5.41, 5.74) is 5.21. The molecule has 0 bridgehead atoms. The normalized spacial score (nSPS) is 17.9. The first-order chi connectivity index (χ1) is 25.3. The lowest BCUT2D eigenvalue weighted by molar-refractivity contribution is -0.136. The molecule has 3 aliphatic rings. The zero-order valence-electron chi connectivity index (χ0n) is 28.5. The standard InChI is InChI=1S/C38H34N8O5S/c1-22-34-43-42-23(2)45(34)38-28(21-51-22)27(18-24-8-4-3-5-9-24)31(52-38)14-12-25-19-40-44(20-25)17-7-16-39-29-11-6-10-26-33(29)37(50)46(36(26)49)30-13-15-32(47)41-35(30)48/h3-6,8-11,19-20,22,30,39H,7,13,15-18,21H2,1-2H3,(H,41,47,48)/t22-,30?/m0/s1. The molecule has 262 valence electrons. The molecular weight excluding hydrogens is 681 g/mol. The molecular formula is C38H34N8O5S. The topological polar surface area (TPSA) is 153 Å². The van der Waals surface area contributed by atoms with Gasteiger partial charge in [-0.2, -0.15) is 5.10 Å². The number of aromatic nitrogens is 5. The number of nitrogens with one attached hydrogen (secondary N) is 2. The zero-order chi connectivity index (χ0) is 35.9. The first kappa shape index (κ1) is 33.2. The highest BCUT2D eigenvalue weighted by atomic mass is 32.1. The molecule has 3 aromatic heterocycles. The number of nitrogens with zero attached hydrogens (tertiary/aromatic N) is 6. The first-order valence-electron chi connectivity index (χ1n) is 17.1. The zero-order valence-corrected chi connectivity index (χ0v) is 29.3. The maximum absolute atomic E-state index is 13.4. The Morgan fingerprint density at radius 1 is 1.04 bits per heavy atom. The van der Waals surface area contributed by atoms with Crippen LogP contribution in [0.25, 0.3) is 5.00 Å². The predicted octanol–water partition coefficient (Wildman–Crippen LogP) is 4.32. The van der Waals surface area contributed by atoms with Gasteiger partial charge < -0.3 is 10.1 Å². The van der Waals surface area contributed by atoms with Gasteiger partial charge >= 0.3 is 0 Å². The van der Waals surface area contributed by atoms with E-state index in [4.69, 9.17) is 4.74 Å². The van der Waals surface area contributed by atoms with E-state index >= 15 is 0 Å². The lowest BCUT2D eigenvalue weighted by Gasteiger charge is -2.27. The molecule has 0 spiro atoms. The van der Waals surface area contributed by atoms with Crippen molar-refractivity contribution in [1.82, 2.24) is 34.8 Å². The van der Waals surface area contributed by atoms with Gasteiger partial charge in [-0.3, -0.25) is 38.6 Å². The second-order valence-electron chi connectivity index (χ2n) is 12.9. The number of hydrogen-bond acceptors (Lipinski definition) is 10. The van der Waals surface area contributed by atoms with E-state index in [-0.39, 0.29) is 30.1 Å². The number of ether oxygens (including phenoxy) is 1. The number of amides is 4. The van der Waals surface area contributed by atoms with E-state index in [1.807, 2.05) is 42.9 Å². The average Bonchev–Trinajstić information content (AvgIpc) is 3.88. The van der Waals surface area contributed by atoms with E-state index in [0.717, 1.165) is 49.5 Å². The minimum Gasteiger partial charge on any atom is -0.384 e. The van der Waals surface area contributed by atoms with Crippen LogP contribution in [0.5, 0.6) is 0 Å². The minimum absolute atomic E-state index is 0.0698. The molecule has 6 heterocycles. The van der Waals surface area contributed by atoms with E-state index in [9.17, 15) is 19.2 Å². The fraction of sp³-hybridized carbons (Fsp3) is 0.289. The van der Waals surface area contributed by atoms with E-state index in [1.165, 1.54) is 5.56 Å². The summed E-state index contributed by atoms with van der Waals surface area (Å²) in [4.78, 5) is 52.5. The quantitative estimate of drug-likeness (QED) is 0.136. The third-order valence-corrected chi connectivity index (χ3v) is 10.7. The Kier molecular flexibility index (Phi) is 8.74. The molecule has 2 atom stereocenters. The van der Waals surface area contributed by atoms with Crippen LogP contribution in [0, 0.1) is 18.8 Å². The number of fused-ring (bicyclic) bond motifs is 4. The largest absolute Gasteiger partial charge is 0.384 e. The van der Waals surface area contributed by atoms with Crippen LogP contribution in [0.15, 0.2) is 60.9 Å². The van der Waals surface area contributed by atoms with E-state index < -0.39 is 29.7 Å². The molecule has 13 nitrogen and oxygen atoms in total. The molecule has 0 saturated carbocycles. The van der Waals surface area contributed by atoms with Crippen LogP contribution in [-0.2, 0) is 33.9 Å². The Hall–Kier alpha value is -5.91. The number of imide groups is 2. The van der Waals surface area contributed by atoms with Crippen LogP contribution in [0.2, 0.25) is 0 Å². The fourth-order valence-electron chi connectivity index (χ4n) is 6.88. The number of piperidine rings is 1. The van der Waals surface area contributed by atoms with Gasteiger partial charge in [0.05, 0.1) is 34.4 Å². The Bertz CT molecular complexity index is 2310. The number of carbonyl (C=O) groups excluding carboxylic acids is 4. The van der Waals surface area contributed by atoms with Gasteiger partial charge in [0.1, 0.15) is 23.0 Å². The summed E-state index contributed by atoms with van der Waals surface area (Å²) >= 11 is 1.63. The summed E-state index contributed by atoms with van der Waals surface area (Å²) in [6, 6.07) is 14.4. The fourth-order valence-corrected chi connectivity index (χ4v) is 8.12. The minimum atomic E-state index is -1.01. The Balaban J connectivity index is 0.957. The van der Waals surface area contributed by atoms with Gasteiger partial charge in [0.2, 0.25) is 11.8 Å². The molecule has 2 aromatic carbocycles. The maximum atomic E-state index is 13.4. The summed E-state index contributed by atoms with van der Waals surface area (Å²) in [6.45, 7) is 5.51. The summed E-state index contributed by atoms with van der Waals surface area (Å²) in [7, 11) is 0. The molecule has 4 amide bonds. The number of benzene rings is 2. The molecule has 1 fully saturated rings. The number of aryl methyl sites for hydroxylation is 2. The third kappa shape index (κ3) is 6.07. The lowest BCUT2D eigenvalue weighted by atomic mass is 10.0. The Labute approximate surface area is 303 Å². The van der Waals surface area contributed by atoms with Crippen LogP contribution in [-0.4, -0.2) is 65.7 Å². The van der Waals surface area contributed by atoms with Crippen molar-refractivity contribution in [3.8, 4) is 16.8 Å². The van der Waals surface area contributed by atoms with Gasteiger partial charge in [0, 0.05) is 37.0 Å². The van der Waals surface area contributed by atoms with E-state index in [1.54, 1.807) is 35.7 Å². The molecule has 5 aromatic rings. The van der Waals surface area contributed by atoms with Crippen molar-refractivity contribution in [3.63, 3.8) is 0 Å². The van der Waals surface area contributed by atoms with Gasteiger partial charge in [0.25, 0.3) is 11.8 Å². The van der Waals surface area contributed by atoms with Crippen LogP contribution in [0.1, 0.15) is 91.8 Å². The van der Waals surface area contributed by atoms with Crippen molar-refractivity contribution in [2.45, 2.75) is 64.8 Å². The third-order valence-electron chi connectivity index (χ3n) is 9.51. The molecule has 52 heavy (non-hydrogen) atoms. The molecule has 1 saturated heterocycles. The second-order valence-corrected chi connectivity index (χ2v) is 13.9. The van der Waals surface area contributed by atoms with Crippen LogP contribution >= 0.6 is 11.3 Å². The Morgan fingerprint density at radius 3 is 2.71 bits per heavy atom. The second kappa shape index (κ2) is 13.7. The summed E-state index contributed by atoms with van der Waals surface area (Å²) in [5.74, 6) is 6.23. The van der Waals surface area contributed by atoms with Crippen molar-refractivity contribution < 1.29 is 23.9 Å². The van der Waals surface area contributed by atoms with Crippen molar-refractivity contribution in [2.24, 2.45) is 0 Å². The highest BCUT2D eigenvalue weighted by Crippen LogP contribution is 2.39. The van der Waals surface area contributed by atoms with Crippen LogP contribution in [0.3, 0.4) is 0 Å².